The highest BCUT2D eigenvalue weighted by Gasteiger charge is 2.50. The Labute approximate surface area is 90.1 Å². The Hall–Kier alpha value is -1.09. The third-order valence-corrected chi connectivity index (χ3v) is 3.44. The largest absolute Gasteiger partial charge is 0.377 e. The van der Waals surface area contributed by atoms with Crippen molar-refractivity contribution >= 4 is 5.69 Å². The smallest absolute Gasteiger partial charge is 0.0699 e. The second-order valence-corrected chi connectivity index (χ2v) is 4.59. The third kappa shape index (κ3) is 1.51. The monoisotopic (exact) mass is 204 g/mol. The molecular weight excluding hydrogens is 188 g/mol. The molecule has 1 saturated heterocycles. The molecule has 3 heteroatoms. The van der Waals surface area contributed by atoms with Crippen molar-refractivity contribution in [3.63, 3.8) is 0 Å². The lowest BCUT2D eigenvalue weighted by Gasteiger charge is -2.37. The molecule has 0 unspecified atom stereocenters. The van der Waals surface area contributed by atoms with E-state index in [4.69, 9.17) is 4.74 Å². The fourth-order valence-electron chi connectivity index (χ4n) is 2.31. The molecule has 1 aromatic heterocycles. The molecule has 0 N–H and O–H groups in total. The second-order valence-electron chi connectivity index (χ2n) is 4.59. The van der Waals surface area contributed by atoms with Gasteiger partial charge in [0.15, 0.2) is 0 Å². The zero-order chi connectivity index (χ0) is 10.3. The minimum atomic E-state index is 0.315. The summed E-state index contributed by atoms with van der Waals surface area (Å²) in [5.74, 6) is 0. The van der Waals surface area contributed by atoms with E-state index in [1.807, 2.05) is 13.1 Å². The van der Waals surface area contributed by atoms with Crippen LogP contribution in [0.3, 0.4) is 0 Å². The number of morpholine rings is 1. The topological polar surface area (TPSA) is 25.4 Å². The highest BCUT2D eigenvalue weighted by molar-refractivity contribution is 5.50. The summed E-state index contributed by atoms with van der Waals surface area (Å²) < 4.78 is 5.56. The van der Waals surface area contributed by atoms with Crippen molar-refractivity contribution < 1.29 is 4.74 Å². The molecule has 1 aliphatic carbocycles. The van der Waals surface area contributed by atoms with Gasteiger partial charge < -0.3 is 9.64 Å². The molecular formula is C12H16N2O. The molecule has 1 spiro atoms. The maximum atomic E-state index is 5.56. The third-order valence-electron chi connectivity index (χ3n) is 3.44. The van der Waals surface area contributed by atoms with Crippen LogP contribution in [0.1, 0.15) is 18.5 Å². The van der Waals surface area contributed by atoms with Gasteiger partial charge >= 0.3 is 0 Å². The predicted octanol–water partition coefficient (Wildman–Crippen LogP) is 1.76. The molecule has 15 heavy (non-hydrogen) atoms. The van der Waals surface area contributed by atoms with Crippen LogP contribution < -0.4 is 4.90 Å². The van der Waals surface area contributed by atoms with Gasteiger partial charge in [-0.1, -0.05) is 0 Å². The maximum absolute atomic E-state index is 5.56. The average molecular weight is 204 g/mol. The number of hydrogen-bond donors (Lipinski definition) is 0. The zero-order valence-corrected chi connectivity index (χ0v) is 9.07. The van der Waals surface area contributed by atoms with E-state index in [0.29, 0.717) is 5.54 Å². The van der Waals surface area contributed by atoms with Gasteiger partial charge in [-0.2, -0.15) is 0 Å². The van der Waals surface area contributed by atoms with E-state index in [-0.39, 0.29) is 0 Å². The highest BCUT2D eigenvalue weighted by Crippen LogP contribution is 2.45. The molecule has 2 heterocycles. The molecule has 1 saturated carbocycles. The molecule has 2 fully saturated rings. The van der Waals surface area contributed by atoms with E-state index in [1.54, 1.807) is 0 Å². The number of rotatable bonds is 1. The molecule has 0 bridgehead atoms. The van der Waals surface area contributed by atoms with Crippen LogP contribution in [0.4, 0.5) is 5.69 Å². The number of aryl methyl sites for hydroxylation is 1. The first-order valence-corrected chi connectivity index (χ1v) is 5.58. The Balaban J connectivity index is 1.89. The van der Waals surface area contributed by atoms with Gasteiger partial charge in [0.25, 0.3) is 0 Å². The van der Waals surface area contributed by atoms with Gasteiger partial charge in [0.05, 0.1) is 30.6 Å². The molecule has 2 aliphatic rings. The van der Waals surface area contributed by atoms with Crippen LogP contribution in [-0.4, -0.2) is 30.3 Å². The number of aromatic nitrogens is 1. The molecule has 3 rings (SSSR count). The Bertz CT molecular complexity index is 356. The Morgan fingerprint density at radius 3 is 2.93 bits per heavy atom. The van der Waals surface area contributed by atoms with Crippen LogP contribution in [0.2, 0.25) is 0 Å². The summed E-state index contributed by atoms with van der Waals surface area (Å²) in [5.41, 5.74) is 2.65. The summed E-state index contributed by atoms with van der Waals surface area (Å²) in [6.07, 6.45) is 4.52. The van der Waals surface area contributed by atoms with Gasteiger partial charge in [0, 0.05) is 12.2 Å². The van der Waals surface area contributed by atoms with Crippen molar-refractivity contribution in [2.45, 2.75) is 25.3 Å². The average Bonchev–Trinajstić information content (AvgIpc) is 3.01. The number of ether oxygens (including phenoxy) is 1. The van der Waals surface area contributed by atoms with Crippen LogP contribution in [-0.2, 0) is 4.74 Å². The zero-order valence-electron chi connectivity index (χ0n) is 9.07. The van der Waals surface area contributed by atoms with E-state index in [0.717, 1.165) is 25.5 Å². The van der Waals surface area contributed by atoms with Gasteiger partial charge in [-0.3, -0.25) is 4.98 Å². The Morgan fingerprint density at radius 1 is 1.40 bits per heavy atom. The van der Waals surface area contributed by atoms with Gasteiger partial charge in [0.2, 0.25) is 0 Å². The summed E-state index contributed by atoms with van der Waals surface area (Å²) in [4.78, 5) is 6.84. The lowest BCUT2D eigenvalue weighted by Crippen LogP contribution is -2.47. The number of nitrogens with zero attached hydrogens (tertiary/aromatic N) is 2. The summed E-state index contributed by atoms with van der Waals surface area (Å²) in [7, 11) is 0. The molecule has 0 radical (unpaired) electrons. The predicted molar refractivity (Wildman–Crippen MR) is 59.1 cm³/mol. The molecule has 0 aromatic carbocycles. The van der Waals surface area contributed by atoms with E-state index in [1.165, 1.54) is 18.5 Å². The molecule has 0 amide bonds. The molecule has 80 valence electrons. The van der Waals surface area contributed by atoms with Gasteiger partial charge in [-0.05, 0) is 31.9 Å². The van der Waals surface area contributed by atoms with E-state index in [2.05, 4.69) is 22.0 Å². The van der Waals surface area contributed by atoms with Crippen molar-refractivity contribution in [3.8, 4) is 0 Å². The minimum absolute atomic E-state index is 0.315. The fraction of sp³-hybridized carbons (Fsp3) is 0.583. The molecule has 0 atom stereocenters. The number of pyridine rings is 1. The fourth-order valence-corrected chi connectivity index (χ4v) is 2.31. The van der Waals surface area contributed by atoms with Crippen molar-refractivity contribution in [3.05, 3.63) is 24.0 Å². The first kappa shape index (κ1) is 9.16. The Morgan fingerprint density at radius 2 is 2.27 bits per heavy atom. The second kappa shape index (κ2) is 3.20. The molecule has 1 aliphatic heterocycles. The summed E-state index contributed by atoms with van der Waals surface area (Å²) in [6.45, 7) is 4.76. The van der Waals surface area contributed by atoms with Crippen LogP contribution in [0.15, 0.2) is 18.3 Å². The van der Waals surface area contributed by atoms with Gasteiger partial charge in [-0.15, -0.1) is 0 Å². The van der Waals surface area contributed by atoms with Gasteiger partial charge in [-0.25, -0.2) is 0 Å². The van der Waals surface area contributed by atoms with Crippen molar-refractivity contribution in [1.29, 1.82) is 0 Å². The van der Waals surface area contributed by atoms with Crippen molar-refractivity contribution in [1.82, 2.24) is 4.98 Å². The van der Waals surface area contributed by atoms with Crippen molar-refractivity contribution in [2.24, 2.45) is 0 Å². The van der Waals surface area contributed by atoms with Gasteiger partial charge in [0.1, 0.15) is 0 Å². The number of anilines is 1. The summed E-state index contributed by atoms with van der Waals surface area (Å²) >= 11 is 0. The van der Waals surface area contributed by atoms with Crippen LogP contribution in [0, 0.1) is 6.92 Å². The quantitative estimate of drug-likeness (QED) is 0.697. The lowest BCUT2D eigenvalue weighted by atomic mass is 10.2. The first-order valence-electron chi connectivity index (χ1n) is 5.58. The van der Waals surface area contributed by atoms with Crippen molar-refractivity contribution in [2.75, 3.05) is 24.7 Å². The normalized spacial score (nSPS) is 23.1. The lowest BCUT2D eigenvalue weighted by molar-refractivity contribution is 0.0864. The van der Waals surface area contributed by atoms with Crippen LogP contribution in [0.5, 0.6) is 0 Å². The van der Waals surface area contributed by atoms with E-state index in [9.17, 15) is 0 Å². The number of hydrogen-bond acceptors (Lipinski definition) is 3. The standard InChI is InChI=1S/C12H16N2O/c1-10-2-3-11(8-13-10)14-6-7-15-9-12(14)4-5-12/h2-3,8H,4-7,9H2,1H3. The van der Waals surface area contributed by atoms with Crippen LogP contribution >= 0.6 is 0 Å². The summed E-state index contributed by atoms with van der Waals surface area (Å²) in [5, 5.41) is 0. The Kier molecular flexibility index (Phi) is 1.96. The minimum Gasteiger partial charge on any atom is -0.377 e. The maximum Gasteiger partial charge on any atom is 0.0699 e. The highest BCUT2D eigenvalue weighted by atomic mass is 16.5. The van der Waals surface area contributed by atoms with Crippen LogP contribution in [0.25, 0.3) is 0 Å². The summed E-state index contributed by atoms with van der Waals surface area (Å²) in [6, 6.07) is 4.26. The molecule has 1 aromatic rings. The SMILES string of the molecule is Cc1ccc(N2CCOCC23CC3)cn1. The first-order chi connectivity index (χ1) is 7.30. The molecule has 3 nitrogen and oxygen atoms in total. The van der Waals surface area contributed by atoms with E-state index >= 15 is 0 Å². The van der Waals surface area contributed by atoms with E-state index < -0.39 is 0 Å².